The highest BCUT2D eigenvalue weighted by Crippen LogP contribution is 2.33. The molecule has 3 rings (SSSR count). The molecule has 0 saturated carbocycles. The second-order valence-corrected chi connectivity index (χ2v) is 4.87. The molecular weight excluding hydrogens is 264 g/mol. The first-order valence-corrected chi connectivity index (χ1v) is 6.46. The third-order valence-corrected chi connectivity index (χ3v) is 3.73. The summed E-state index contributed by atoms with van der Waals surface area (Å²) < 4.78 is 12.2. The summed E-state index contributed by atoms with van der Waals surface area (Å²) in [7, 11) is 3.23. The maximum Gasteiger partial charge on any atom is 0.234 e. The summed E-state index contributed by atoms with van der Waals surface area (Å²) in [5.41, 5.74) is 0.965. The van der Waals surface area contributed by atoms with E-state index in [9.17, 15) is 0 Å². The molecule has 0 aliphatic rings. The molecule has 6 nitrogen and oxygen atoms in total. The predicted octanol–water partition coefficient (Wildman–Crippen LogP) is 2.18. The van der Waals surface area contributed by atoms with Crippen molar-refractivity contribution in [3.8, 4) is 22.1 Å². The van der Waals surface area contributed by atoms with Crippen LogP contribution < -0.4 is 9.47 Å². The molecule has 0 spiro atoms. The Hall–Kier alpha value is -2.15. The molecule has 1 aromatic carbocycles. The van der Waals surface area contributed by atoms with Crippen molar-refractivity contribution in [2.45, 2.75) is 6.92 Å². The Morgan fingerprint density at radius 3 is 2.58 bits per heavy atom. The van der Waals surface area contributed by atoms with Crippen LogP contribution in [0.3, 0.4) is 0 Å². The monoisotopic (exact) mass is 276 g/mol. The van der Waals surface area contributed by atoms with Gasteiger partial charge in [0.25, 0.3) is 0 Å². The molecule has 2 aromatic heterocycles. The van der Waals surface area contributed by atoms with Crippen molar-refractivity contribution in [1.82, 2.24) is 19.8 Å². The zero-order valence-electron chi connectivity index (χ0n) is 10.7. The van der Waals surface area contributed by atoms with Crippen molar-refractivity contribution in [2.75, 3.05) is 14.2 Å². The van der Waals surface area contributed by atoms with E-state index in [0.717, 1.165) is 21.4 Å². The van der Waals surface area contributed by atoms with Crippen molar-refractivity contribution in [3.63, 3.8) is 0 Å². The maximum absolute atomic E-state index is 5.29. The Morgan fingerprint density at radius 1 is 1.11 bits per heavy atom. The van der Waals surface area contributed by atoms with Gasteiger partial charge in [-0.25, -0.2) is 0 Å². The smallest absolute Gasteiger partial charge is 0.234 e. The van der Waals surface area contributed by atoms with Crippen molar-refractivity contribution in [1.29, 1.82) is 0 Å². The lowest BCUT2D eigenvalue weighted by molar-refractivity contribution is 0.355. The largest absolute Gasteiger partial charge is 0.493 e. The van der Waals surface area contributed by atoms with E-state index in [0.29, 0.717) is 11.5 Å². The van der Waals surface area contributed by atoms with Crippen molar-refractivity contribution in [2.24, 2.45) is 0 Å². The summed E-state index contributed by atoms with van der Waals surface area (Å²) >= 11 is 1.49. The average Bonchev–Trinajstić information content (AvgIpc) is 3.00. The molecule has 0 bridgehead atoms. The van der Waals surface area contributed by atoms with E-state index in [2.05, 4.69) is 15.3 Å². The van der Waals surface area contributed by atoms with Gasteiger partial charge in [-0.05, 0) is 25.1 Å². The molecule has 0 unspecified atom stereocenters. The molecule has 0 saturated heterocycles. The van der Waals surface area contributed by atoms with Gasteiger partial charge in [-0.1, -0.05) is 11.3 Å². The second kappa shape index (κ2) is 4.51. The molecule has 2 heterocycles. The van der Waals surface area contributed by atoms with E-state index >= 15 is 0 Å². The van der Waals surface area contributed by atoms with Crippen LogP contribution in [0.15, 0.2) is 18.2 Å². The van der Waals surface area contributed by atoms with Gasteiger partial charge in [-0.3, -0.25) is 0 Å². The lowest BCUT2D eigenvalue weighted by Gasteiger charge is -2.07. The van der Waals surface area contributed by atoms with Gasteiger partial charge in [-0.15, -0.1) is 10.2 Å². The summed E-state index contributed by atoms with van der Waals surface area (Å²) in [5, 5.41) is 13.4. The quantitative estimate of drug-likeness (QED) is 0.733. The van der Waals surface area contributed by atoms with E-state index in [1.807, 2.05) is 25.1 Å². The normalized spacial score (nSPS) is 10.9. The molecule has 0 aliphatic carbocycles. The van der Waals surface area contributed by atoms with E-state index in [4.69, 9.17) is 9.47 Å². The van der Waals surface area contributed by atoms with Crippen LogP contribution in [0.5, 0.6) is 11.5 Å². The van der Waals surface area contributed by atoms with Gasteiger partial charge in [0.2, 0.25) is 4.96 Å². The Kier molecular flexibility index (Phi) is 2.83. The zero-order chi connectivity index (χ0) is 13.4. The fraction of sp³-hybridized carbons (Fsp3) is 0.250. The highest BCUT2D eigenvalue weighted by atomic mass is 32.1. The number of aryl methyl sites for hydroxylation is 1. The molecule has 19 heavy (non-hydrogen) atoms. The fourth-order valence-corrected chi connectivity index (χ4v) is 2.68. The van der Waals surface area contributed by atoms with Crippen molar-refractivity contribution < 1.29 is 9.47 Å². The number of benzene rings is 1. The highest BCUT2D eigenvalue weighted by Gasteiger charge is 2.12. The number of ether oxygens (including phenoxy) is 2. The summed E-state index contributed by atoms with van der Waals surface area (Å²) in [4.78, 5) is 0.780. The number of fused-ring (bicyclic) bond motifs is 1. The second-order valence-electron chi connectivity index (χ2n) is 3.92. The van der Waals surface area contributed by atoms with Crippen LogP contribution in [0.1, 0.15) is 5.82 Å². The number of rotatable bonds is 3. The van der Waals surface area contributed by atoms with E-state index < -0.39 is 0 Å². The van der Waals surface area contributed by atoms with Gasteiger partial charge in [0.1, 0.15) is 5.01 Å². The first-order chi connectivity index (χ1) is 9.22. The molecule has 0 aliphatic heterocycles. The first kappa shape index (κ1) is 11.9. The standard InChI is InChI=1S/C12H12N4O2S/c1-7-13-14-12-16(7)15-11(19-12)8-4-5-9(17-2)10(6-8)18-3/h4-6H,1-3H3. The van der Waals surface area contributed by atoms with Crippen molar-refractivity contribution in [3.05, 3.63) is 24.0 Å². The highest BCUT2D eigenvalue weighted by molar-refractivity contribution is 7.19. The Bertz CT molecular complexity index is 734. The Morgan fingerprint density at radius 2 is 1.89 bits per heavy atom. The maximum atomic E-state index is 5.29. The molecular formula is C12H12N4O2S. The molecule has 0 fully saturated rings. The van der Waals surface area contributed by atoms with Gasteiger partial charge in [-0.2, -0.15) is 9.61 Å². The minimum absolute atomic E-state index is 0.683. The van der Waals surface area contributed by atoms with Gasteiger partial charge in [0, 0.05) is 5.56 Å². The molecule has 0 atom stereocenters. The van der Waals surface area contributed by atoms with Gasteiger partial charge in [0.15, 0.2) is 17.3 Å². The summed E-state index contributed by atoms with van der Waals surface area (Å²) in [6.45, 7) is 1.87. The van der Waals surface area contributed by atoms with Crippen LogP contribution in [-0.4, -0.2) is 34.0 Å². The number of hydrogen-bond donors (Lipinski definition) is 0. The van der Waals surface area contributed by atoms with Gasteiger partial charge >= 0.3 is 0 Å². The van der Waals surface area contributed by atoms with Crippen LogP contribution >= 0.6 is 11.3 Å². The summed E-state index contributed by atoms with van der Waals surface area (Å²) in [6.07, 6.45) is 0. The fourth-order valence-electron chi connectivity index (χ4n) is 1.80. The Balaban J connectivity index is 2.10. The topological polar surface area (TPSA) is 61.5 Å². The third-order valence-electron chi connectivity index (χ3n) is 2.78. The number of aromatic nitrogens is 4. The molecule has 0 radical (unpaired) electrons. The van der Waals surface area contributed by atoms with Gasteiger partial charge in [0.05, 0.1) is 14.2 Å². The third kappa shape index (κ3) is 1.91. The number of hydrogen-bond acceptors (Lipinski definition) is 6. The molecule has 7 heteroatoms. The summed E-state index contributed by atoms with van der Waals surface area (Å²) in [5.74, 6) is 2.16. The molecule has 0 amide bonds. The predicted molar refractivity (Wildman–Crippen MR) is 71.9 cm³/mol. The van der Waals surface area contributed by atoms with Crippen LogP contribution in [0.4, 0.5) is 0 Å². The van der Waals surface area contributed by atoms with Crippen LogP contribution in [-0.2, 0) is 0 Å². The van der Waals surface area contributed by atoms with E-state index in [-0.39, 0.29) is 0 Å². The van der Waals surface area contributed by atoms with Crippen LogP contribution in [0.25, 0.3) is 15.5 Å². The number of nitrogens with zero attached hydrogens (tertiary/aromatic N) is 4. The molecule has 3 aromatic rings. The lowest BCUT2D eigenvalue weighted by Crippen LogP contribution is -1.92. The molecule has 98 valence electrons. The summed E-state index contributed by atoms with van der Waals surface area (Å²) in [6, 6.07) is 5.71. The van der Waals surface area contributed by atoms with Crippen LogP contribution in [0.2, 0.25) is 0 Å². The van der Waals surface area contributed by atoms with E-state index in [1.54, 1.807) is 18.7 Å². The minimum atomic E-state index is 0.683. The average molecular weight is 276 g/mol. The van der Waals surface area contributed by atoms with Crippen molar-refractivity contribution >= 4 is 16.3 Å². The van der Waals surface area contributed by atoms with Gasteiger partial charge < -0.3 is 9.47 Å². The zero-order valence-corrected chi connectivity index (χ0v) is 11.6. The van der Waals surface area contributed by atoms with Crippen LogP contribution in [0, 0.1) is 6.92 Å². The van der Waals surface area contributed by atoms with E-state index in [1.165, 1.54) is 11.3 Å². The Labute approximate surface area is 113 Å². The number of methoxy groups -OCH3 is 2. The lowest BCUT2D eigenvalue weighted by atomic mass is 10.2. The molecule has 0 N–H and O–H groups in total. The SMILES string of the molecule is COc1ccc(-c2nn3c(C)nnc3s2)cc1OC. The first-order valence-electron chi connectivity index (χ1n) is 5.64. The minimum Gasteiger partial charge on any atom is -0.493 e.